The maximum Gasteiger partial charge on any atom is 0.121 e. The van der Waals surface area contributed by atoms with Gasteiger partial charge in [-0.25, -0.2) is 0 Å². The van der Waals surface area contributed by atoms with Crippen LogP contribution in [-0.4, -0.2) is 38.2 Å². The number of methoxy groups -OCH3 is 1. The van der Waals surface area contributed by atoms with E-state index in [1.54, 1.807) is 7.11 Å². The molecule has 1 saturated heterocycles. The number of nitrogens with one attached hydrogen (secondary N) is 1. The van der Waals surface area contributed by atoms with E-state index in [2.05, 4.69) is 46.2 Å². The Bertz CT molecular complexity index is 417. The maximum absolute atomic E-state index is 5.28. The molecule has 1 heterocycles. The molecule has 1 unspecified atom stereocenters. The quantitative estimate of drug-likeness (QED) is 0.914. The topological polar surface area (TPSA) is 24.5 Å². The van der Waals surface area contributed by atoms with Crippen LogP contribution in [0.2, 0.25) is 0 Å². The van der Waals surface area contributed by atoms with Crippen molar-refractivity contribution in [2.24, 2.45) is 5.92 Å². The van der Waals surface area contributed by atoms with E-state index in [9.17, 15) is 0 Å². The number of piperidine rings is 1. The van der Waals surface area contributed by atoms with E-state index < -0.39 is 0 Å². The highest BCUT2D eigenvalue weighted by Crippen LogP contribution is 2.30. The lowest BCUT2D eigenvalue weighted by molar-refractivity contribution is 0.208. The molecule has 1 fully saturated rings. The third-order valence-corrected chi connectivity index (χ3v) is 4.72. The summed E-state index contributed by atoms with van der Waals surface area (Å²) in [7, 11) is 3.90. The average molecular weight is 327 g/mol. The van der Waals surface area contributed by atoms with E-state index in [1.807, 2.05) is 12.1 Å². The molecule has 0 saturated carbocycles. The Morgan fingerprint density at radius 3 is 2.68 bits per heavy atom. The minimum atomic E-state index is 0.483. The summed E-state index contributed by atoms with van der Waals surface area (Å²) in [5.41, 5.74) is 1.12. The number of nitrogens with zero attached hydrogens (tertiary/aromatic N) is 1. The standard InChI is InChI=1S/C15H23BrN2O/c1-11(12-6-8-18(2)9-7-12)17-15-10-13(19-3)4-5-14(15)16/h4-5,10-12,17H,6-9H2,1-3H3. The van der Waals surface area contributed by atoms with Crippen molar-refractivity contribution in [3.8, 4) is 5.75 Å². The van der Waals surface area contributed by atoms with Crippen molar-refractivity contribution in [1.82, 2.24) is 4.90 Å². The van der Waals surface area contributed by atoms with Crippen molar-refractivity contribution in [1.29, 1.82) is 0 Å². The Morgan fingerprint density at radius 1 is 1.37 bits per heavy atom. The first-order chi connectivity index (χ1) is 9.10. The zero-order chi connectivity index (χ0) is 13.8. The predicted octanol–water partition coefficient (Wildman–Crippen LogP) is 3.60. The average Bonchev–Trinajstić information content (AvgIpc) is 2.42. The summed E-state index contributed by atoms with van der Waals surface area (Å²) in [6.45, 7) is 4.69. The number of anilines is 1. The van der Waals surface area contributed by atoms with Crippen LogP contribution in [0.15, 0.2) is 22.7 Å². The molecule has 3 nitrogen and oxygen atoms in total. The summed E-state index contributed by atoms with van der Waals surface area (Å²) < 4.78 is 6.37. The van der Waals surface area contributed by atoms with Crippen LogP contribution in [0.25, 0.3) is 0 Å². The number of halogens is 1. The van der Waals surface area contributed by atoms with E-state index >= 15 is 0 Å². The third kappa shape index (κ3) is 3.86. The van der Waals surface area contributed by atoms with Crippen molar-refractivity contribution in [3.63, 3.8) is 0 Å². The Balaban J connectivity index is 2.00. The van der Waals surface area contributed by atoms with Gasteiger partial charge in [0, 0.05) is 16.6 Å². The number of hydrogen-bond donors (Lipinski definition) is 1. The van der Waals surface area contributed by atoms with Crippen molar-refractivity contribution >= 4 is 21.6 Å². The van der Waals surface area contributed by atoms with Gasteiger partial charge in [0.25, 0.3) is 0 Å². The van der Waals surface area contributed by atoms with Gasteiger partial charge in [-0.3, -0.25) is 0 Å². The Hall–Kier alpha value is -0.740. The number of likely N-dealkylation sites (tertiary alicyclic amines) is 1. The summed E-state index contributed by atoms with van der Waals surface area (Å²) in [5.74, 6) is 1.63. The lowest BCUT2D eigenvalue weighted by Gasteiger charge is -2.33. The van der Waals surface area contributed by atoms with Crippen molar-refractivity contribution in [2.45, 2.75) is 25.8 Å². The largest absolute Gasteiger partial charge is 0.497 e. The van der Waals surface area contributed by atoms with Gasteiger partial charge in [-0.2, -0.15) is 0 Å². The van der Waals surface area contributed by atoms with E-state index in [1.165, 1.54) is 25.9 Å². The first-order valence-electron chi connectivity index (χ1n) is 6.88. The summed E-state index contributed by atoms with van der Waals surface area (Å²) in [6, 6.07) is 6.53. The van der Waals surface area contributed by atoms with E-state index in [-0.39, 0.29) is 0 Å². The van der Waals surface area contributed by atoms with Gasteiger partial charge in [-0.05, 0) is 73.9 Å². The van der Waals surface area contributed by atoms with Gasteiger partial charge in [0.05, 0.1) is 12.8 Å². The fraction of sp³-hybridized carbons (Fsp3) is 0.600. The van der Waals surface area contributed by atoms with Crippen molar-refractivity contribution < 1.29 is 4.74 Å². The van der Waals surface area contributed by atoms with Gasteiger partial charge in [0.1, 0.15) is 5.75 Å². The number of ether oxygens (including phenoxy) is 1. The normalized spacial score (nSPS) is 19.2. The molecule has 1 atom stereocenters. The minimum Gasteiger partial charge on any atom is -0.497 e. The number of rotatable bonds is 4. The van der Waals surface area contributed by atoms with Gasteiger partial charge in [0.2, 0.25) is 0 Å². The van der Waals surface area contributed by atoms with Gasteiger partial charge >= 0.3 is 0 Å². The van der Waals surface area contributed by atoms with Crippen LogP contribution >= 0.6 is 15.9 Å². The van der Waals surface area contributed by atoms with Crippen LogP contribution in [-0.2, 0) is 0 Å². The second-order valence-corrected chi connectivity index (χ2v) is 6.27. The van der Waals surface area contributed by atoms with Crippen molar-refractivity contribution in [3.05, 3.63) is 22.7 Å². The second-order valence-electron chi connectivity index (χ2n) is 5.42. The molecule has 0 aromatic heterocycles. The van der Waals surface area contributed by atoms with Crippen LogP contribution < -0.4 is 10.1 Å². The Labute approximate surface area is 124 Å². The molecule has 1 aliphatic heterocycles. The van der Waals surface area contributed by atoms with Crippen LogP contribution in [0, 0.1) is 5.92 Å². The molecule has 0 bridgehead atoms. The van der Waals surface area contributed by atoms with Gasteiger partial charge in [-0.15, -0.1) is 0 Å². The van der Waals surface area contributed by atoms with E-state index in [4.69, 9.17) is 4.74 Å². The van der Waals surface area contributed by atoms with Gasteiger partial charge in [0.15, 0.2) is 0 Å². The molecule has 0 aliphatic carbocycles. The lowest BCUT2D eigenvalue weighted by atomic mass is 9.90. The zero-order valence-corrected chi connectivity index (χ0v) is 13.5. The molecule has 0 amide bonds. The van der Waals surface area contributed by atoms with Crippen LogP contribution in [0.1, 0.15) is 19.8 Å². The first-order valence-corrected chi connectivity index (χ1v) is 7.68. The van der Waals surface area contributed by atoms with E-state index in [0.29, 0.717) is 6.04 Å². The first kappa shape index (κ1) is 14.7. The smallest absolute Gasteiger partial charge is 0.121 e. The fourth-order valence-corrected chi connectivity index (χ4v) is 2.99. The number of benzene rings is 1. The molecule has 19 heavy (non-hydrogen) atoms. The SMILES string of the molecule is COc1ccc(Br)c(NC(C)C2CCN(C)CC2)c1. The fourth-order valence-electron chi connectivity index (χ4n) is 2.63. The third-order valence-electron chi connectivity index (χ3n) is 4.03. The highest BCUT2D eigenvalue weighted by Gasteiger charge is 2.22. The van der Waals surface area contributed by atoms with Crippen LogP contribution in [0.5, 0.6) is 5.75 Å². The molecule has 106 valence electrons. The predicted molar refractivity (Wildman–Crippen MR) is 84.0 cm³/mol. The lowest BCUT2D eigenvalue weighted by Crippen LogP contribution is -2.37. The minimum absolute atomic E-state index is 0.483. The summed E-state index contributed by atoms with van der Waals surface area (Å²) in [6.07, 6.45) is 2.54. The Kier molecular flexibility index (Phi) is 5.11. The molecule has 1 aromatic rings. The maximum atomic E-state index is 5.28. The molecule has 2 rings (SSSR count). The molecule has 1 aliphatic rings. The molecule has 1 aromatic carbocycles. The number of hydrogen-bond acceptors (Lipinski definition) is 3. The van der Waals surface area contributed by atoms with Crippen LogP contribution in [0.3, 0.4) is 0 Å². The molecule has 4 heteroatoms. The monoisotopic (exact) mass is 326 g/mol. The second kappa shape index (κ2) is 6.62. The summed E-state index contributed by atoms with van der Waals surface area (Å²) in [5, 5.41) is 3.62. The molecule has 0 spiro atoms. The Morgan fingerprint density at radius 2 is 2.05 bits per heavy atom. The molecule has 1 N–H and O–H groups in total. The highest BCUT2D eigenvalue weighted by atomic mass is 79.9. The zero-order valence-electron chi connectivity index (χ0n) is 11.9. The highest BCUT2D eigenvalue weighted by molar-refractivity contribution is 9.10. The van der Waals surface area contributed by atoms with Crippen molar-refractivity contribution in [2.75, 3.05) is 32.6 Å². The van der Waals surface area contributed by atoms with Gasteiger partial charge < -0.3 is 15.0 Å². The van der Waals surface area contributed by atoms with Gasteiger partial charge in [-0.1, -0.05) is 0 Å². The molecular formula is C15H23BrN2O. The molecular weight excluding hydrogens is 304 g/mol. The van der Waals surface area contributed by atoms with E-state index in [0.717, 1.165) is 21.8 Å². The molecule has 0 radical (unpaired) electrons. The van der Waals surface area contributed by atoms with Crippen LogP contribution in [0.4, 0.5) is 5.69 Å². The summed E-state index contributed by atoms with van der Waals surface area (Å²) in [4.78, 5) is 2.41. The summed E-state index contributed by atoms with van der Waals surface area (Å²) >= 11 is 3.60.